The Morgan fingerprint density at radius 2 is 1.91 bits per heavy atom. The van der Waals surface area contributed by atoms with Gasteiger partial charge in [0.15, 0.2) is 0 Å². The van der Waals surface area contributed by atoms with E-state index in [1.54, 1.807) is 6.92 Å². The van der Waals surface area contributed by atoms with Crippen LogP contribution in [0.25, 0.3) is 0 Å². The molecular weight excluding hydrogens is 282 g/mol. The minimum atomic E-state index is -0.867. The zero-order chi connectivity index (χ0) is 16.3. The summed E-state index contributed by atoms with van der Waals surface area (Å²) in [4.78, 5) is 26.0. The molecular formula is C17H23NO4. The lowest BCUT2D eigenvalue weighted by atomic mass is 9.81. The Kier molecular flexibility index (Phi) is 4.98. The van der Waals surface area contributed by atoms with Gasteiger partial charge in [-0.2, -0.15) is 0 Å². The summed E-state index contributed by atoms with van der Waals surface area (Å²) >= 11 is 0. The normalized spacial score (nSPS) is 23.4. The van der Waals surface area contributed by atoms with E-state index in [1.807, 2.05) is 44.2 Å². The summed E-state index contributed by atoms with van der Waals surface area (Å²) in [7, 11) is 0. The van der Waals surface area contributed by atoms with E-state index < -0.39 is 11.5 Å². The van der Waals surface area contributed by atoms with E-state index in [2.05, 4.69) is 0 Å². The number of hydrogen-bond acceptors (Lipinski definition) is 4. The van der Waals surface area contributed by atoms with Gasteiger partial charge in [0.05, 0.1) is 30.8 Å². The minimum Gasteiger partial charge on any atom is -0.389 e. The van der Waals surface area contributed by atoms with E-state index in [1.165, 1.54) is 0 Å². The van der Waals surface area contributed by atoms with Gasteiger partial charge in [0.25, 0.3) is 0 Å². The highest BCUT2D eigenvalue weighted by molar-refractivity contribution is 6.08. The van der Waals surface area contributed by atoms with Crippen LogP contribution in [0.3, 0.4) is 0 Å². The fourth-order valence-corrected chi connectivity index (χ4v) is 2.67. The molecule has 5 heteroatoms. The van der Waals surface area contributed by atoms with Gasteiger partial charge in [-0.1, -0.05) is 30.3 Å². The van der Waals surface area contributed by atoms with Crippen LogP contribution in [0.4, 0.5) is 0 Å². The third-order valence-electron chi connectivity index (χ3n) is 3.95. The van der Waals surface area contributed by atoms with E-state index >= 15 is 0 Å². The Bertz CT molecular complexity index is 543. The fourth-order valence-electron chi connectivity index (χ4n) is 2.67. The highest BCUT2D eigenvalue weighted by atomic mass is 16.5. The second-order valence-electron chi connectivity index (χ2n) is 6.22. The monoisotopic (exact) mass is 305 g/mol. The molecule has 120 valence electrons. The van der Waals surface area contributed by atoms with Gasteiger partial charge < -0.3 is 9.84 Å². The number of hydrogen-bond donors (Lipinski definition) is 1. The molecule has 0 unspecified atom stereocenters. The summed E-state index contributed by atoms with van der Waals surface area (Å²) in [5.74, 6) is -0.507. The molecule has 22 heavy (non-hydrogen) atoms. The molecule has 1 heterocycles. The Labute approximate surface area is 130 Å². The van der Waals surface area contributed by atoms with E-state index in [-0.39, 0.29) is 37.5 Å². The third kappa shape index (κ3) is 3.36. The number of ether oxygens (including phenoxy) is 1. The number of likely N-dealkylation sites (tertiary alicyclic amines) is 1. The number of imide groups is 1. The number of aliphatic hydroxyl groups excluding tert-OH is 1. The molecule has 1 saturated heterocycles. The molecule has 1 fully saturated rings. The quantitative estimate of drug-likeness (QED) is 0.809. The molecule has 1 aliphatic rings. The summed E-state index contributed by atoms with van der Waals surface area (Å²) in [6.45, 7) is 5.60. The molecule has 0 bridgehead atoms. The van der Waals surface area contributed by atoms with E-state index in [0.717, 1.165) is 10.5 Å². The van der Waals surface area contributed by atoms with Crippen molar-refractivity contribution in [2.75, 3.05) is 13.2 Å². The molecule has 1 aromatic carbocycles. The van der Waals surface area contributed by atoms with Crippen LogP contribution in [-0.4, -0.2) is 47.2 Å². The van der Waals surface area contributed by atoms with Crippen LogP contribution in [0, 0.1) is 0 Å². The number of benzene rings is 1. The van der Waals surface area contributed by atoms with Gasteiger partial charge in [-0.25, -0.2) is 0 Å². The molecule has 1 aromatic rings. The fraction of sp³-hybridized carbons (Fsp3) is 0.529. The maximum absolute atomic E-state index is 12.7. The summed E-state index contributed by atoms with van der Waals surface area (Å²) in [6, 6.07) is 9.29. The first-order valence-electron chi connectivity index (χ1n) is 7.54. The van der Waals surface area contributed by atoms with Crippen molar-refractivity contribution >= 4 is 11.8 Å². The highest BCUT2D eigenvalue weighted by Crippen LogP contribution is 2.36. The van der Waals surface area contributed by atoms with Crippen molar-refractivity contribution in [1.82, 2.24) is 4.90 Å². The number of amides is 2. The summed E-state index contributed by atoms with van der Waals surface area (Å²) in [6.07, 6.45) is -0.740. The Morgan fingerprint density at radius 1 is 1.27 bits per heavy atom. The third-order valence-corrected chi connectivity index (χ3v) is 3.95. The van der Waals surface area contributed by atoms with Crippen molar-refractivity contribution in [3.63, 3.8) is 0 Å². The second-order valence-corrected chi connectivity index (χ2v) is 6.22. The first-order valence-corrected chi connectivity index (χ1v) is 7.54. The van der Waals surface area contributed by atoms with Gasteiger partial charge >= 0.3 is 0 Å². The number of nitrogens with zero attached hydrogens (tertiary/aromatic N) is 1. The maximum Gasteiger partial charge on any atom is 0.240 e. The number of carbonyl (C=O) groups excluding carboxylic acids is 2. The number of carbonyl (C=O) groups is 2. The SMILES string of the molecule is CC(C)OC[C@@H](O)CN1C(=O)C[C@@](C)(c2ccccc2)C1=O. The molecule has 0 aromatic heterocycles. The predicted octanol–water partition coefficient (Wildman–Crippen LogP) is 1.49. The summed E-state index contributed by atoms with van der Waals surface area (Å²) in [5.41, 5.74) is -0.0273. The van der Waals surface area contributed by atoms with Gasteiger partial charge in [0.1, 0.15) is 0 Å². The molecule has 0 aliphatic carbocycles. The summed E-state index contributed by atoms with van der Waals surface area (Å²) < 4.78 is 5.32. The average Bonchev–Trinajstić information content (AvgIpc) is 2.70. The molecule has 5 nitrogen and oxygen atoms in total. The van der Waals surface area contributed by atoms with E-state index in [9.17, 15) is 14.7 Å². The molecule has 0 radical (unpaired) electrons. The molecule has 2 amide bonds. The topological polar surface area (TPSA) is 66.8 Å². The van der Waals surface area contributed by atoms with E-state index in [4.69, 9.17) is 4.74 Å². The Balaban J connectivity index is 2.09. The second kappa shape index (κ2) is 6.58. The number of β-amino-alcohol motifs (C(OH)–C–C–N with tert-alkyl or cyclic N) is 1. The minimum absolute atomic E-state index is 0.00536. The van der Waals surface area contributed by atoms with Crippen LogP contribution in [0.5, 0.6) is 0 Å². The Morgan fingerprint density at radius 3 is 2.50 bits per heavy atom. The molecule has 1 N–H and O–H groups in total. The first kappa shape index (κ1) is 16.6. The maximum atomic E-state index is 12.7. The number of aliphatic hydroxyl groups is 1. The van der Waals surface area contributed by atoms with Crippen LogP contribution in [0.2, 0.25) is 0 Å². The molecule has 0 saturated carbocycles. The standard InChI is InChI=1S/C17H23NO4/c1-12(2)22-11-14(19)10-18-15(20)9-17(3,16(18)21)13-7-5-4-6-8-13/h4-8,12,14,19H,9-11H2,1-3H3/t14-,17-/m0/s1. The van der Waals surface area contributed by atoms with Crippen molar-refractivity contribution in [2.45, 2.75) is 44.8 Å². The molecule has 1 aliphatic heterocycles. The molecule has 2 atom stereocenters. The Hall–Kier alpha value is -1.72. The van der Waals surface area contributed by atoms with E-state index in [0.29, 0.717) is 0 Å². The lowest BCUT2D eigenvalue weighted by molar-refractivity contribution is -0.142. The average molecular weight is 305 g/mol. The van der Waals surface area contributed by atoms with Crippen LogP contribution < -0.4 is 0 Å². The van der Waals surface area contributed by atoms with Crippen molar-refractivity contribution in [3.05, 3.63) is 35.9 Å². The van der Waals surface area contributed by atoms with Gasteiger partial charge in [-0.05, 0) is 26.3 Å². The molecule has 2 rings (SSSR count). The van der Waals surface area contributed by atoms with Crippen molar-refractivity contribution in [1.29, 1.82) is 0 Å². The lowest BCUT2D eigenvalue weighted by Gasteiger charge is -2.24. The molecule has 0 spiro atoms. The van der Waals surface area contributed by atoms with Gasteiger partial charge in [0.2, 0.25) is 11.8 Å². The van der Waals surface area contributed by atoms with Crippen molar-refractivity contribution < 1.29 is 19.4 Å². The van der Waals surface area contributed by atoms with Crippen molar-refractivity contribution in [3.8, 4) is 0 Å². The highest BCUT2D eigenvalue weighted by Gasteiger charge is 2.49. The zero-order valence-electron chi connectivity index (χ0n) is 13.3. The van der Waals surface area contributed by atoms with Gasteiger partial charge in [0, 0.05) is 6.42 Å². The van der Waals surface area contributed by atoms with Crippen LogP contribution >= 0.6 is 0 Å². The van der Waals surface area contributed by atoms with Gasteiger partial charge in [-0.15, -0.1) is 0 Å². The predicted molar refractivity (Wildman–Crippen MR) is 82.2 cm³/mol. The largest absolute Gasteiger partial charge is 0.389 e. The number of rotatable bonds is 6. The first-order chi connectivity index (χ1) is 10.3. The van der Waals surface area contributed by atoms with Gasteiger partial charge in [-0.3, -0.25) is 14.5 Å². The van der Waals surface area contributed by atoms with Crippen LogP contribution in [0.1, 0.15) is 32.8 Å². The smallest absolute Gasteiger partial charge is 0.240 e. The summed E-state index contributed by atoms with van der Waals surface area (Å²) in [5, 5.41) is 9.96. The lowest BCUT2D eigenvalue weighted by Crippen LogP contribution is -2.42. The zero-order valence-corrected chi connectivity index (χ0v) is 13.3. The van der Waals surface area contributed by atoms with Crippen LogP contribution in [-0.2, 0) is 19.7 Å². The van der Waals surface area contributed by atoms with Crippen LogP contribution in [0.15, 0.2) is 30.3 Å². The van der Waals surface area contributed by atoms with Crippen molar-refractivity contribution in [2.24, 2.45) is 0 Å².